The number of nitro benzene ring substituents is 1. The van der Waals surface area contributed by atoms with Gasteiger partial charge in [-0.1, -0.05) is 17.3 Å². The predicted octanol–water partition coefficient (Wildman–Crippen LogP) is 1.54. The van der Waals surface area contributed by atoms with E-state index in [4.69, 9.17) is 10.3 Å². The van der Waals surface area contributed by atoms with Crippen LogP contribution in [-0.2, 0) is 6.42 Å². The van der Waals surface area contributed by atoms with Gasteiger partial charge in [0.15, 0.2) is 5.82 Å². The van der Waals surface area contributed by atoms with Crippen LogP contribution in [0.25, 0.3) is 11.5 Å². The van der Waals surface area contributed by atoms with Gasteiger partial charge < -0.3 is 10.3 Å². The summed E-state index contributed by atoms with van der Waals surface area (Å²) in [4.78, 5) is 14.5. The van der Waals surface area contributed by atoms with E-state index in [9.17, 15) is 10.1 Å². The number of benzene rings is 1. The lowest BCUT2D eigenvalue weighted by molar-refractivity contribution is -0.384. The monoisotopic (exact) mass is 248 g/mol. The minimum absolute atomic E-state index is 0.0495. The molecule has 0 amide bonds. The number of aryl methyl sites for hydroxylation is 1. The van der Waals surface area contributed by atoms with Crippen molar-refractivity contribution in [1.82, 2.24) is 10.1 Å². The van der Waals surface area contributed by atoms with Crippen molar-refractivity contribution in [3.63, 3.8) is 0 Å². The topological polar surface area (TPSA) is 108 Å². The van der Waals surface area contributed by atoms with Crippen LogP contribution in [0, 0.1) is 10.1 Å². The molecule has 0 aliphatic heterocycles. The van der Waals surface area contributed by atoms with Gasteiger partial charge in [0, 0.05) is 12.5 Å². The Morgan fingerprint density at radius 1 is 1.39 bits per heavy atom. The first kappa shape index (κ1) is 12.2. The highest BCUT2D eigenvalue weighted by Gasteiger charge is 2.19. The van der Waals surface area contributed by atoms with Gasteiger partial charge in [-0.25, -0.2) is 0 Å². The Bertz CT molecular complexity index is 553. The zero-order valence-electron chi connectivity index (χ0n) is 9.57. The molecular weight excluding hydrogens is 236 g/mol. The molecule has 0 radical (unpaired) electrons. The Balaban J connectivity index is 2.31. The molecule has 7 nitrogen and oxygen atoms in total. The van der Waals surface area contributed by atoms with E-state index in [0.717, 1.165) is 6.42 Å². The molecule has 94 valence electrons. The van der Waals surface area contributed by atoms with Gasteiger partial charge in [0.1, 0.15) is 5.56 Å². The maximum atomic E-state index is 10.9. The highest BCUT2D eigenvalue weighted by atomic mass is 16.6. The number of para-hydroxylation sites is 1. The molecule has 0 unspecified atom stereocenters. The molecule has 0 atom stereocenters. The number of rotatable bonds is 5. The van der Waals surface area contributed by atoms with Crippen molar-refractivity contribution in [2.75, 3.05) is 6.54 Å². The second kappa shape index (κ2) is 5.37. The van der Waals surface area contributed by atoms with Crippen LogP contribution >= 0.6 is 0 Å². The molecule has 1 aromatic carbocycles. The van der Waals surface area contributed by atoms with Gasteiger partial charge in [0.05, 0.1) is 4.92 Å². The summed E-state index contributed by atoms with van der Waals surface area (Å²) in [7, 11) is 0. The maximum absolute atomic E-state index is 10.9. The van der Waals surface area contributed by atoms with Crippen LogP contribution in [-0.4, -0.2) is 21.6 Å². The molecule has 2 aromatic rings. The second-order valence-corrected chi connectivity index (χ2v) is 3.68. The average molecular weight is 248 g/mol. The molecule has 2 N–H and O–H groups in total. The third-order valence-electron chi connectivity index (χ3n) is 2.40. The van der Waals surface area contributed by atoms with Crippen molar-refractivity contribution in [3.8, 4) is 11.5 Å². The van der Waals surface area contributed by atoms with Crippen molar-refractivity contribution in [1.29, 1.82) is 0 Å². The largest absolute Gasteiger partial charge is 0.334 e. The highest BCUT2D eigenvalue weighted by molar-refractivity contribution is 5.66. The Labute approximate surface area is 103 Å². The third-order valence-corrected chi connectivity index (χ3v) is 2.40. The lowest BCUT2D eigenvalue weighted by Gasteiger charge is -1.96. The van der Waals surface area contributed by atoms with Crippen molar-refractivity contribution < 1.29 is 9.45 Å². The maximum Gasteiger partial charge on any atom is 0.282 e. The van der Waals surface area contributed by atoms with Crippen molar-refractivity contribution in [2.45, 2.75) is 12.8 Å². The molecule has 2 rings (SSSR count). The molecule has 0 bridgehead atoms. The first-order valence-electron chi connectivity index (χ1n) is 5.49. The minimum atomic E-state index is -0.473. The van der Waals surface area contributed by atoms with E-state index in [1.165, 1.54) is 6.07 Å². The molecule has 0 fully saturated rings. The van der Waals surface area contributed by atoms with Crippen LogP contribution < -0.4 is 5.73 Å². The molecule has 1 heterocycles. The van der Waals surface area contributed by atoms with Crippen LogP contribution in [0.4, 0.5) is 5.69 Å². The van der Waals surface area contributed by atoms with E-state index >= 15 is 0 Å². The van der Waals surface area contributed by atoms with E-state index in [2.05, 4.69) is 10.1 Å². The summed E-state index contributed by atoms with van der Waals surface area (Å²) in [6.07, 6.45) is 1.34. The number of aromatic nitrogens is 2. The van der Waals surface area contributed by atoms with E-state index in [-0.39, 0.29) is 11.6 Å². The van der Waals surface area contributed by atoms with Crippen LogP contribution in [0.3, 0.4) is 0 Å². The second-order valence-electron chi connectivity index (χ2n) is 3.68. The molecule has 7 heteroatoms. The standard InChI is InChI=1S/C11H12N4O3/c12-7-3-6-10-13-11(18-14-10)8-4-1-2-5-9(8)15(16)17/h1-2,4-5H,3,6-7,12H2. The minimum Gasteiger partial charge on any atom is -0.334 e. The first-order chi connectivity index (χ1) is 8.72. The lowest BCUT2D eigenvalue weighted by Crippen LogP contribution is -2.01. The van der Waals surface area contributed by atoms with Gasteiger partial charge in [-0.05, 0) is 19.0 Å². The normalized spacial score (nSPS) is 10.5. The van der Waals surface area contributed by atoms with Crippen molar-refractivity contribution in [2.24, 2.45) is 5.73 Å². The summed E-state index contributed by atoms with van der Waals surface area (Å²) in [5.74, 6) is 0.669. The SMILES string of the molecule is NCCCc1noc(-c2ccccc2[N+](=O)[O-])n1. The first-order valence-corrected chi connectivity index (χ1v) is 5.49. The zero-order valence-corrected chi connectivity index (χ0v) is 9.57. The molecule has 0 spiro atoms. The van der Waals surface area contributed by atoms with Gasteiger partial charge in [-0.2, -0.15) is 4.98 Å². The van der Waals surface area contributed by atoms with Crippen LogP contribution in [0.1, 0.15) is 12.2 Å². The van der Waals surface area contributed by atoms with Crippen molar-refractivity contribution >= 4 is 5.69 Å². The van der Waals surface area contributed by atoms with Gasteiger partial charge in [-0.3, -0.25) is 10.1 Å². The molecule has 0 aliphatic rings. The molecule has 1 aromatic heterocycles. The number of nitro groups is 1. The summed E-state index contributed by atoms with van der Waals surface area (Å²) in [6.45, 7) is 0.537. The Morgan fingerprint density at radius 2 is 2.17 bits per heavy atom. The fraction of sp³-hybridized carbons (Fsp3) is 0.273. The molecule has 0 saturated heterocycles. The van der Waals surface area contributed by atoms with Gasteiger partial charge in [0.2, 0.25) is 0 Å². The quantitative estimate of drug-likeness (QED) is 0.635. The summed E-state index contributed by atoms with van der Waals surface area (Å²) in [5.41, 5.74) is 5.66. The summed E-state index contributed by atoms with van der Waals surface area (Å²) in [6, 6.07) is 6.26. The van der Waals surface area contributed by atoms with Gasteiger partial charge >= 0.3 is 0 Å². The summed E-state index contributed by atoms with van der Waals surface area (Å²) < 4.78 is 5.03. The fourth-order valence-corrected chi connectivity index (χ4v) is 1.54. The average Bonchev–Trinajstić information content (AvgIpc) is 2.85. The van der Waals surface area contributed by atoms with Crippen LogP contribution in [0.15, 0.2) is 28.8 Å². The smallest absolute Gasteiger partial charge is 0.282 e. The van der Waals surface area contributed by atoms with Crippen molar-refractivity contribution in [3.05, 3.63) is 40.2 Å². The molecule has 18 heavy (non-hydrogen) atoms. The fourth-order valence-electron chi connectivity index (χ4n) is 1.54. The van der Waals surface area contributed by atoms with Gasteiger partial charge in [-0.15, -0.1) is 0 Å². The third kappa shape index (κ3) is 2.51. The Kier molecular flexibility index (Phi) is 3.63. The van der Waals surface area contributed by atoms with Gasteiger partial charge in [0.25, 0.3) is 11.6 Å². The highest BCUT2D eigenvalue weighted by Crippen LogP contribution is 2.27. The van der Waals surface area contributed by atoms with E-state index in [1.54, 1.807) is 18.2 Å². The Hall–Kier alpha value is -2.28. The van der Waals surface area contributed by atoms with Crippen LogP contribution in [0.2, 0.25) is 0 Å². The Morgan fingerprint density at radius 3 is 2.89 bits per heavy atom. The molecule has 0 aliphatic carbocycles. The zero-order chi connectivity index (χ0) is 13.0. The van der Waals surface area contributed by atoms with E-state index in [0.29, 0.717) is 24.4 Å². The number of hydrogen-bond acceptors (Lipinski definition) is 6. The summed E-state index contributed by atoms with van der Waals surface area (Å²) >= 11 is 0. The van der Waals surface area contributed by atoms with Crippen LogP contribution in [0.5, 0.6) is 0 Å². The lowest BCUT2D eigenvalue weighted by atomic mass is 10.2. The number of nitrogens with two attached hydrogens (primary N) is 1. The van der Waals surface area contributed by atoms with E-state index < -0.39 is 4.92 Å². The predicted molar refractivity (Wildman–Crippen MR) is 63.8 cm³/mol. The molecule has 0 saturated carbocycles. The number of nitrogens with zero attached hydrogens (tertiary/aromatic N) is 3. The molecular formula is C11H12N4O3. The summed E-state index contributed by atoms with van der Waals surface area (Å²) in [5, 5.41) is 14.6. The number of hydrogen-bond donors (Lipinski definition) is 1. The van der Waals surface area contributed by atoms with E-state index in [1.807, 2.05) is 0 Å².